The number of nitrogens with one attached hydrogen (secondary N) is 1. The molecule has 0 unspecified atom stereocenters. The fourth-order valence-electron chi connectivity index (χ4n) is 1.52. The minimum absolute atomic E-state index is 0.00822. The van der Waals surface area contributed by atoms with Gasteiger partial charge in [-0.2, -0.15) is 0 Å². The van der Waals surface area contributed by atoms with Gasteiger partial charge in [0, 0.05) is 6.54 Å². The van der Waals surface area contributed by atoms with Crippen molar-refractivity contribution in [2.75, 3.05) is 6.54 Å². The second-order valence-electron chi connectivity index (χ2n) is 5.96. The lowest BCUT2D eigenvalue weighted by molar-refractivity contribution is 0.0694. The van der Waals surface area contributed by atoms with E-state index < -0.39 is 5.97 Å². The van der Waals surface area contributed by atoms with Crippen molar-refractivity contribution in [3.05, 3.63) is 29.1 Å². The second kappa shape index (κ2) is 6.03. The molecule has 0 aliphatic carbocycles. The average molecular weight is 278 g/mol. The van der Waals surface area contributed by atoms with Crippen molar-refractivity contribution in [1.29, 1.82) is 0 Å². The SMILES string of the molecule is Cc1nc(C(=O)NCC(C)(C)C(C)C)ccc1C(=O)O. The van der Waals surface area contributed by atoms with Gasteiger partial charge in [0.1, 0.15) is 5.69 Å². The molecular formula is C15H22N2O3. The molecule has 5 heteroatoms. The highest BCUT2D eigenvalue weighted by molar-refractivity contribution is 5.94. The molecule has 110 valence electrons. The summed E-state index contributed by atoms with van der Waals surface area (Å²) >= 11 is 0. The number of aromatic nitrogens is 1. The number of carboxylic acids is 1. The molecule has 0 aromatic carbocycles. The van der Waals surface area contributed by atoms with Crippen LogP contribution in [0.15, 0.2) is 12.1 Å². The zero-order valence-electron chi connectivity index (χ0n) is 12.7. The van der Waals surface area contributed by atoms with E-state index in [2.05, 4.69) is 38.0 Å². The summed E-state index contributed by atoms with van der Waals surface area (Å²) in [7, 11) is 0. The predicted molar refractivity (Wildman–Crippen MR) is 76.9 cm³/mol. The topological polar surface area (TPSA) is 79.3 Å². The lowest BCUT2D eigenvalue weighted by Gasteiger charge is -2.29. The van der Waals surface area contributed by atoms with E-state index in [1.54, 1.807) is 6.92 Å². The average Bonchev–Trinajstić information content (AvgIpc) is 2.35. The van der Waals surface area contributed by atoms with Gasteiger partial charge in [-0.1, -0.05) is 27.7 Å². The Hall–Kier alpha value is -1.91. The van der Waals surface area contributed by atoms with Crippen LogP contribution in [0.5, 0.6) is 0 Å². The van der Waals surface area contributed by atoms with Crippen LogP contribution in [0.1, 0.15) is 54.2 Å². The predicted octanol–water partition coefficient (Wildman–Crippen LogP) is 2.50. The number of aryl methyl sites for hydroxylation is 1. The number of pyridine rings is 1. The molecular weight excluding hydrogens is 256 g/mol. The molecule has 1 aromatic heterocycles. The molecule has 0 saturated heterocycles. The van der Waals surface area contributed by atoms with E-state index in [1.165, 1.54) is 12.1 Å². The zero-order valence-corrected chi connectivity index (χ0v) is 12.7. The molecule has 1 rings (SSSR count). The Labute approximate surface area is 119 Å². The first-order chi connectivity index (χ1) is 9.15. The maximum atomic E-state index is 12.0. The molecule has 0 fully saturated rings. The van der Waals surface area contributed by atoms with Crippen molar-refractivity contribution in [3.63, 3.8) is 0 Å². The van der Waals surface area contributed by atoms with E-state index in [9.17, 15) is 9.59 Å². The summed E-state index contributed by atoms with van der Waals surface area (Å²) in [6.45, 7) is 10.5. The molecule has 20 heavy (non-hydrogen) atoms. The summed E-state index contributed by atoms with van der Waals surface area (Å²) in [5.41, 5.74) is 0.690. The molecule has 2 N–H and O–H groups in total. The number of carboxylic acid groups (broad SMARTS) is 1. The summed E-state index contributed by atoms with van der Waals surface area (Å²) in [6, 6.07) is 2.85. The first-order valence-corrected chi connectivity index (χ1v) is 6.64. The van der Waals surface area contributed by atoms with Crippen molar-refractivity contribution in [3.8, 4) is 0 Å². The number of carbonyl (C=O) groups is 2. The molecule has 1 aromatic rings. The highest BCUT2D eigenvalue weighted by Gasteiger charge is 2.23. The molecule has 0 radical (unpaired) electrons. The van der Waals surface area contributed by atoms with E-state index in [1.807, 2.05) is 0 Å². The number of amides is 1. The van der Waals surface area contributed by atoms with Gasteiger partial charge in [-0.05, 0) is 30.4 Å². The van der Waals surface area contributed by atoms with Gasteiger partial charge in [-0.3, -0.25) is 4.79 Å². The minimum atomic E-state index is -1.04. The van der Waals surface area contributed by atoms with Gasteiger partial charge < -0.3 is 10.4 Å². The van der Waals surface area contributed by atoms with Crippen molar-refractivity contribution in [2.45, 2.75) is 34.6 Å². The van der Waals surface area contributed by atoms with Gasteiger partial charge in [-0.15, -0.1) is 0 Å². The molecule has 5 nitrogen and oxygen atoms in total. The van der Waals surface area contributed by atoms with Crippen molar-refractivity contribution in [1.82, 2.24) is 10.3 Å². The van der Waals surface area contributed by atoms with Gasteiger partial charge >= 0.3 is 5.97 Å². The third-order valence-electron chi connectivity index (χ3n) is 3.82. The number of carbonyl (C=O) groups excluding carboxylic acids is 1. The van der Waals surface area contributed by atoms with E-state index in [4.69, 9.17) is 5.11 Å². The van der Waals surface area contributed by atoms with Crippen LogP contribution in [0.3, 0.4) is 0 Å². The Balaban J connectivity index is 2.79. The highest BCUT2D eigenvalue weighted by atomic mass is 16.4. The maximum Gasteiger partial charge on any atom is 0.337 e. The number of nitrogens with zero attached hydrogens (tertiary/aromatic N) is 1. The van der Waals surface area contributed by atoms with E-state index in [0.29, 0.717) is 18.2 Å². The number of hydrogen-bond acceptors (Lipinski definition) is 3. The fourth-order valence-corrected chi connectivity index (χ4v) is 1.52. The normalized spacial score (nSPS) is 11.5. The van der Waals surface area contributed by atoms with Crippen LogP contribution in [0.4, 0.5) is 0 Å². The minimum Gasteiger partial charge on any atom is -0.478 e. The number of aromatic carboxylic acids is 1. The second-order valence-corrected chi connectivity index (χ2v) is 5.96. The van der Waals surface area contributed by atoms with Crippen molar-refractivity contribution in [2.24, 2.45) is 11.3 Å². The summed E-state index contributed by atoms with van der Waals surface area (Å²) < 4.78 is 0. The molecule has 1 heterocycles. The Morgan fingerprint density at radius 1 is 1.35 bits per heavy atom. The van der Waals surface area contributed by atoms with Crippen molar-refractivity contribution >= 4 is 11.9 Å². The van der Waals surface area contributed by atoms with Gasteiger partial charge in [-0.25, -0.2) is 9.78 Å². The molecule has 0 bridgehead atoms. The van der Waals surface area contributed by atoms with Crippen LogP contribution in [0.25, 0.3) is 0 Å². The first kappa shape index (κ1) is 16.1. The Bertz CT molecular complexity index is 522. The molecule has 0 aliphatic heterocycles. The van der Waals surface area contributed by atoms with Crippen LogP contribution in [0, 0.1) is 18.3 Å². The largest absolute Gasteiger partial charge is 0.478 e. The van der Waals surface area contributed by atoms with Gasteiger partial charge in [0.15, 0.2) is 0 Å². The fraction of sp³-hybridized carbons (Fsp3) is 0.533. The first-order valence-electron chi connectivity index (χ1n) is 6.64. The zero-order chi connectivity index (χ0) is 15.5. The summed E-state index contributed by atoms with van der Waals surface area (Å²) in [5, 5.41) is 11.8. The third kappa shape index (κ3) is 3.79. The van der Waals surface area contributed by atoms with Crippen LogP contribution in [-0.4, -0.2) is 28.5 Å². The lowest BCUT2D eigenvalue weighted by Crippen LogP contribution is -2.37. The smallest absolute Gasteiger partial charge is 0.337 e. The highest BCUT2D eigenvalue weighted by Crippen LogP contribution is 2.24. The Kier molecular flexibility index (Phi) is 4.87. The van der Waals surface area contributed by atoms with Crippen molar-refractivity contribution < 1.29 is 14.7 Å². The van der Waals surface area contributed by atoms with E-state index in [-0.39, 0.29) is 22.6 Å². The molecule has 0 saturated carbocycles. The quantitative estimate of drug-likeness (QED) is 0.867. The monoisotopic (exact) mass is 278 g/mol. The summed E-state index contributed by atoms with van der Waals surface area (Å²) in [5.74, 6) is -0.881. The van der Waals surface area contributed by atoms with Crippen LogP contribution >= 0.6 is 0 Å². The Morgan fingerprint density at radius 2 is 1.95 bits per heavy atom. The van der Waals surface area contributed by atoms with Gasteiger partial charge in [0.05, 0.1) is 11.3 Å². The van der Waals surface area contributed by atoms with Crippen LogP contribution < -0.4 is 5.32 Å². The standard InChI is InChI=1S/C15H22N2O3/c1-9(2)15(4,5)8-16-13(18)12-7-6-11(14(19)20)10(3)17-12/h6-7,9H,8H2,1-5H3,(H,16,18)(H,19,20). The lowest BCUT2D eigenvalue weighted by atomic mass is 9.81. The number of rotatable bonds is 5. The van der Waals surface area contributed by atoms with Gasteiger partial charge in [0.2, 0.25) is 0 Å². The van der Waals surface area contributed by atoms with Crippen LogP contribution in [-0.2, 0) is 0 Å². The molecule has 0 atom stereocenters. The number of hydrogen-bond donors (Lipinski definition) is 2. The third-order valence-corrected chi connectivity index (χ3v) is 3.82. The van der Waals surface area contributed by atoms with E-state index >= 15 is 0 Å². The van der Waals surface area contributed by atoms with E-state index in [0.717, 1.165) is 0 Å². The Morgan fingerprint density at radius 3 is 2.40 bits per heavy atom. The molecule has 1 amide bonds. The maximum absolute atomic E-state index is 12.0. The molecule has 0 aliphatic rings. The van der Waals surface area contributed by atoms with Crippen LogP contribution in [0.2, 0.25) is 0 Å². The molecule has 0 spiro atoms. The summed E-state index contributed by atoms with van der Waals surface area (Å²) in [4.78, 5) is 27.0. The van der Waals surface area contributed by atoms with Gasteiger partial charge in [0.25, 0.3) is 5.91 Å². The summed E-state index contributed by atoms with van der Waals surface area (Å²) in [6.07, 6.45) is 0.